The third-order valence-corrected chi connectivity index (χ3v) is 3.25. The molecule has 1 atom stereocenters. The maximum Gasteiger partial charge on any atom is 0.305 e. The van der Waals surface area contributed by atoms with E-state index < -0.39 is 0 Å². The minimum absolute atomic E-state index is 0.0748. The van der Waals surface area contributed by atoms with Crippen LogP contribution in [0.5, 0.6) is 0 Å². The highest BCUT2D eigenvalue weighted by Crippen LogP contribution is 2.22. The van der Waals surface area contributed by atoms with Crippen LogP contribution in [0, 0.1) is 0 Å². The molecule has 0 saturated carbocycles. The molecule has 0 heterocycles. The van der Waals surface area contributed by atoms with Gasteiger partial charge in [0.2, 0.25) is 0 Å². The van der Waals surface area contributed by atoms with Gasteiger partial charge in [0.05, 0.1) is 13.5 Å². The number of allylic oxidation sites excluding steroid dienone is 1. The van der Waals surface area contributed by atoms with Gasteiger partial charge in [-0.3, -0.25) is 14.4 Å². The van der Waals surface area contributed by atoms with Crippen molar-refractivity contribution in [2.45, 2.75) is 58.0 Å². The Kier molecular flexibility index (Phi) is 6.98. The number of ketones is 1. The molecule has 5 nitrogen and oxygen atoms in total. The van der Waals surface area contributed by atoms with Crippen molar-refractivity contribution in [2.75, 3.05) is 7.11 Å². The first-order valence-electron chi connectivity index (χ1n) is 7.01. The van der Waals surface area contributed by atoms with Gasteiger partial charge >= 0.3 is 11.9 Å². The van der Waals surface area contributed by atoms with Crippen molar-refractivity contribution >= 4 is 17.7 Å². The molecule has 0 aromatic carbocycles. The summed E-state index contributed by atoms with van der Waals surface area (Å²) in [6.45, 7) is 1.34. The van der Waals surface area contributed by atoms with Crippen LogP contribution < -0.4 is 0 Å². The highest BCUT2D eigenvalue weighted by molar-refractivity contribution is 5.98. The Labute approximate surface area is 119 Å². The second-order valence-corrected chi connectivity index (χ2v) is 4.96. The van der Waals surface area contributed by atoms with Crippen LogP contribution in [0.2, 0.25) is 0 Å². The van der Waals surface area contributed by atoms with E-state index in [1.165, 1.54) is 14.0 Å². The highest BCUT2D eigenvalue weighted by Gasteiger charge is 2.25. The van der Waals surface area contributed by atoms with Crippen LogP contribution >= 0.6 is 0 Å². The molecule has 0 bridgehead atoms. The topological polar surface area (TPSA) is 69.7 Å². The van der Waals surface area contributed by atoms with Crippen molar-refractivity contribution in [1.29, 1.82) is 0 Å². The van der Waals surface area contributed by atoms with Crippen LogP contribution in [0.15, 0.2) is 11.6 Å². The summed E-state index contributed by atoms with van der Waals surface area (Å²) in [5, 5.41) is 0. The lowest BCUT2D eigenvalue weighted by molar-refractivity contribution is -0.144. The van der Waals surface area contributed by atoms with Crippen LogP contribution in [0.1, 0.15) is 51.9 Å². The molecule has 1 aliphatic carbocycles. The van der Waals surface area contributed by atoms with Crippen LogP contribution in [-0.4, -0.2) is 30.9 Å². The lowest BCUT2D eigenvalue weighted by Gasteiger charge is -2.05. The Morgan fingerprint density at radius 2 is 1.95 bits per heavy atom. The van der Waals surface area contributed by atoms with E-state index in [2.05, 4.69) is 4.74 Å². The maximum absolute atomic E-state index is 11.7. The Hall–Kier alpha value is -1.65. The Morgan fingerprint density at radius 3 is 2.60 bits per heavy atom. The van der Waals surface area contributed by atoms with Gasteiger partial charge in [-0.15, -0.1) is 0 Å². The number of hydrogen-bond acceptors (Lipinski definition) is 5. The predicted molar refractivity (Wildman–Crippen MR) is 73.0 cm³/mol. The molecule has 0 spiro atoms. The second-order valence-electron chi connectivity index (χ2n) is 4.96. The molecule has 0 N–H and O–H groups in total. The molecule has 0 amide bonds. The number of methoxy groups -OCH3 is 1. The fourth-order valence-corrected chi connectivity index (χ4v) is 2.24. The molecule has 1 aliphatic rings. The number of carbonyl (C=O) groups excluding carboxylic acids is 3. The van der Waals surface area contributed by atoms with Crippen molar-refractivity contribution in [3.05, 3.63) is 11.6 Å². The van der Waals surface area contributed by atoms with E-state index in [4.69, 9.17) is 4.74 Å². The van der Waals surface area contributed by atoms with E-state index >= 15 is 0 Å². The van der Waals surface area contributed by atoms with Crippen molar-refractivity contribution in [3.8, 4) is 0 Å². The molecule has 1 rings (SSSR count). The molecule has 112 valence electrons. The van der Waals surface area contributed by atoms with Gasteiger partial charge in [-0.05, 0) is 30.9 Å². The first kappa shape index (κ1) is 16.4. The summed E-state index contributed by atoms with van der Waals surface area (Å²) >= 11 is 0. The van der Waals surface area contributed by atoms with E-state index in [1.807, 2.05) is 0 Å². The van der Waals surface area contributed by atoms with Gasteiger partial charge in [-0.2, -0.15) is 0 Å². The summed E-state index contributed by atoms with van der Waals surface area (Å²) in [6, 6.07) is 0. The van der Waals surface area contributed by atoms with Crippen molar-refractivity contribution < 1.29 is 23.9 Å². The third-order valence-electron chi connectivity index (χ3n) is 3.25. The molecule has 0 fully saturated rings. The standard InChI is InChI=1S/C15H22O5/c1-11(16)20-13-9-12(14(17)10-13)7-5-3-4-6-8-15(18)19-2/h9,13H,3-8,10H2,1-2H3. The van der Waals surface area contributed by atoms with Crippen molar-refractivity contribution in [3.63, 3.8) is 0 Å². The van der Waals surface area contributed by atoms with E-state index in [9.17, 15) is 14.4 Å². The summed E-state index contributed by atoms with van der Waals surface area (Å²) in [6.07, 6.45) is 6.47. The number of unbranched alkanes of at least 4 members (excludes halogenated alkanes) is 3. The molecule has 0 aromatic heterocycles. The molecular formula is C15H22O5. The van der Waals surface area contributed by atoms with Gasteiger partial charge < -0.3 is 9.47 Å². The Bertz CT molecular complexity index is 397. The van der Waals surface area contributed by atoms with Gasteiger partial charge in [-0.1, -0.05) is 12.8 Å². The van der Waals surface area contributed by atoms with Crippen LogP contribution in [0.3, 0.4) is 0 Å². The third kappa shape index (κ3) is 5.99. The Balaban J connectivity index is 2.16. The number of esters is 2. The zero-order chi connectivity index (χ0) is 15.0. The minimum Gasteiger partial charge on any atom is -0.469 e. The fraction of sp³-hybridized carbons (Fsp3) is 0.667. The van der Waals surface area contributed by atoms with Gasteiger partial charge in [0.25, 0.3) is 0 Å². The summed E-state index contributed by atoms with van der Waals surface area (Å²) < 4.78 is 9.57. The predicted octanol–water partition coefficient (Wildman–Crippen LogP) is 2.33. The lowest BCUT2D eigenvalue weighted by Crippen LogP contribution is -2.12. The summed E-state index contributed by atoms with van der Waals surface area (Å²) in [7, 11) is 1.39. The van der Waals surface area contributed by atoms with E-state index in [-0.39, 0.29) is 30.2 Å². The summed E-state index contributed by atoms with van der Waals surface area (Å²) in [5.74, 6) is -0.461. The van der Waals surface area contributed by atoms with Crippen molar-refractivity contribution in [2.24, 2.45) is 0 Å². The first-order valence-corrected chi connectivity index (χ1v) is 7.01. The van der Waals surface area contributed by atoms with E-state index in [0.29, 0.717) is 6.42 Å². The largest absolute Gasteiger partial charge is 0.469 e. The average Bonchev–Trinajstić information content (AvgIpc) is 2.72. The monoisotopic (exact) mass is 282 g/mol. The average molecular weight is 282 g/mol. The quantitative estimate of drug-likeness (QED) is 0.505. The van der Waals surface area contributed by atoms with Crippen molar-refractivity contribution in [1.82, 2.24) is 0 Å². The zero-order valence-corrected chi connectivity index (χ0v) is 12.1. The fourth-order valence-electron chi connectivity index (χ4n) is 2.24. The van der Waals surface area contributed by atoms with Gasteiger partial charge in [-0.25, -0.2) is 0 Å². The summed E-state index contributed by atoms with van der Waals surface area (Å²) in [4.78, 5) is 33.4. The minimum atomic E-state index is -0.380. The van der Waals surface area contributed by atoms with Crippen LogP contribution in [0.25, 0.3) is 0 Å². The van der Waals surface area contributed by atoms with E-state index in [1.54, 1.807) is 6.08 Å². The molecule has 20 heavy (non-hydrogen) atoms. The molecule has 0 aliphatic heterocycles. The SMILES string of the molecule is COC(=O)CCCCCCC1=CC(OC(C)=O)CC1=O. The van der Waals surface area contributed by atoms with E-state index in [0.717, 1.165) is 37.7 Å². The first-order chi connectivity index (χ1) is 9.52. The maximum atomic E-state index is 11.7. The Morgan fingerprint density at radius 1 is 1.25 bits per heavy atom. The highest BCUT2D eigenvalue weighted by atomic mass is 16.5. The normalized spacial score (nSPS) is 17.8. The number of ether oxygens (including phenoxy) is 2. The second kappa shape index (κ2) is 8.51. The van der Waals surface area contributed by atoms with Gasteiger partial charge in [0.15, 0.2) is 5.78 Å². The smallest absolute Gasteiger partial charge is 0.305 e. The molecular weight excluding hydrogens is 260 g/mol. The molecule has 0 radical (unpaired) electrons. The van der Waals surface area contributed by atoms with Crippen LogP contribution in [-0.2, 0) is 23.9 Å². The molecule has 0 aromatic rings. The van der Waals surface area contributed by atoms with Crippen LogP contribution in [0.4, 0.5) is 0 Å². The van der Waals surface area contributed by atoms with Gasteiger partial charge in [0, 0.05) is 13.3 Å². The van der Waals surface area contributed by atoms with Gasteiger partial charge in [0.1, 0.15) is 6.10 Å². The number of rotatable bonds is 8. The summed E-state index contributed by atoms with van der Waals surface area (Å²) in [5.41, 5.74) is 0.768. The molecule has 5 heteroatoms. The molecule has 0 saturated heterocycles. The number of carbonyl (C=O) groups is 3. The number of Topliss-reactive ketones (excluding diaryl/α,β-unsaturated/α-hetero) is 1. The molecule has 1 unspecified atom stereocenters. The zero-order valence-electron chi connectivity index (χ0n) is 12.1. The number of hydrogen-bond donors (Lipinski definition) is 0. The lowest BCUT2D eigenvalue weighted by atomic mass is 10.0.